The zero-order chi connectivity index (χ0) is 11.7. The summed E-state index contributed by atoms with van der Waals surface area (Å²) >= 11 is 0. The summed E-state index contributed by atoms with van der Waals surface area (Å²) in [4.78, 5) is 7.03. The highest BCUT2D eigenvalue weighted by Crippen LogP contribution is 2.23. The number of H-pyrrole nitrogens is 1. The molecule has 1 aromatic heterocycles. The number of hydrogen-bond donors (Lipinski definition) is 3. The van der Waals surface area contributed by atoms with Crippen molar-refractivity contribution in [2.45, 2.75) is 13.8 Å². The molecule has 1 aromatic carbocycles. The number of hydrogen-bond acceptors (Lipinski definition) is 3. The first-order chi connectivity index (χ1) is 7.56. The van der Waals surface area contributed by atoms with Crippen LogP contribution < -0.4 is 11.1 Å². The van der Waals surface area contributed by atoms with E-state index in [2.05, 4.69) is 15.3 Å². The molecular weight excluding hydrogens is 207 g/mol. The number of aromatic nitrogens is 2. The third kappa shape index (κ3) is 1.98. The summed E-state index contributed by atoms with van der Waals surface area (Å²) in [6.45, 7) is 3.69. The predicted molar refractivity (Wildman–Crippen MR) is 62.2 cm³/mol. The van der Waals surface area contributed by atoms with Gasteiger partial charge >= 0.3 is 0 Å². The minimum atomic E-state index is -0.293. The number of imidazole rings is 1. The van der Waals surface area contributed by atoms with Gasteiger partial charge in [0.05, 0.1) is 0 Å². The number of aryl methyl sites for hydroxylation is 2. The van der Waals surface area contributed by atoms with Gasteiger partial charge < -0.3 is 16.0 Å². The van der Waals surface area contributed by atoms with Crippen LogP contribution in [0, 0.1) is 19.7 Å². The summed E-state index contributed by atoms with van der Waals surface area (Å²) < 4.78 is 13.1. The Morgan fingerprint density at radius 1 is 1.38 bits per heavy atom. The quantitative estimate of drug-likeness (QED) is 0.728. The van der Waals surface area contributed by atoms with Gasteiger partial charge in [-0.3, -0.25) is 0 Å². The van der Waals surface area contributed by atoms with Crippen molar-refractivity contribution < 1.29 is 4.39 Å². The van der Waals surface area contributed by atoms with Crippen LogP contribution in [0.1, 0.15) is 11.4 Å². The second-order valence-corrected chi connectivity index (χ2v) is 3.67. The van der Waals surface area contributed by atoms with E-state index in [4.69, 9.17) is 5.73 Å². The minimum absolute atomic E-state index is 0.293. The van der Waals surface area contributed by atoms with Crippen LogP contribution in [0.25, 0.3) is 0 Å². The number of nitrogens with one attached hydrogen (secondary N) is 2. The van der Waals surface area contributed by atoms with E-state index >= 15 is 0 Å². The Morgan fingerprint density at radius 3 is 2.75 bits per heavy atom. The van der Waals surface area contributed by atoms with Crippen molar-refractivity contribution in [3.8, 4) is 0 Å². The zero-order valence-corrected chi connectivity index (χ0v) is 9.13. The molecule has 0 saturated carbocycles. The lowest BCUT2D eigenvalue weighted by molar-refractivity contribution is 0.628. The Hall–Kier alpha value is -2.04. The van der Waals surface area contributed by atoms with Gasteiger partial charge in [-0.25, -0.2) is 9.37 Å². The maximum Gasteiger partial charge on any atom is 0.173 e. The van der Waals surface area contributed by atoms with Gasteiger partial charge in [0.2, 0.25) is 0 Å². The molecule has 0 aliphatic rings. The van der Waals surface area contributed by atoms with E-state index in [1.165, 1.54) is 12.1 Å². The van der Waals surface area contributed by atoms with Gasteiger partial charge in [0.15, 0.2) is 5.82 Å². The van der Waals surface area contributed by atoms with Crippen molar-refractivity contribution in [1.29, 1.82) is 0 Å². The Morgan fingerprint density at radius 2 is 2.12 bits per heavy atom. The molecule has 0 aliphatic heterocycles. The van der Waals surface area contributed by atoms with Gasteiger partial charge in [0, 0.05) is 5.69 Å². The molecule has 0 amide bonds. The maximum atomic E-state index is 13.1. The fourth-order valence-corrected chi connectivity index (χ4v) is 1.46. The molecule has 4 N–H and O–H groups in total. The third-order valence-corrected chi connectivity index (χ3v) is 2.30. The molecule has 2 aromatic rings. The second kappa shape index (κ2) is 3.84. The summed E-state index contributed by atoms with van der Waals surface area (Å²) in [5, 5.41) is 2.99. The number of aromatic amines is 1. The average Bonchev–Trinajstić information content (AvgIpc) is 2.51. The van der Waals surface area contributed by atoms with Crippen LogP contribution >= 0.6 is 0 Å². The summed E-state index contributed by atoms with van der Waals surface area (Å²) in [7, 11) is 0. The van der Waals surface area contributed by atoms with E-state index in [0.717, 1.165) is 5.56 Å². The van der Waals surface area contributed by atoms with Crippen LogP contribution in [0.3, 0.4) is 0 Å². The molecule has 0 fully saturated rings. The normalized spacial score (nSPS) is 10.4. The number of halogens is 1. The SMILES string of the molecule is Cc1nc(Nc2cc(F)ccc2C)c(N)[nH]1. The van der Waals surface area contributed by atoms with Crippen molar-refractivity contribution >= 4 is 17.3 Å². The monoisotopic (exact) mass is 220 g/mol. The molecule has 0 aliphatic carbocycles. The lowest BCUT2D eigenvalue weighted by Crippen LogP contribution is -1.97. The Balaban J connectivity index is 2.33. The van der Waals surface area contributed by atoms with Crippen LogP contribution in [0.2, 0.25) is 0 Å². The lowest BCUT2D eigenvalue weighted by Gasteiger charge is -2.07. The standard InChI is InChI=1S/C11H13FN4/c1-6-3-4-8(12)5-9(6)16-11-10(13)14-7(2)15-11/h3-5,16H,13H2,1-2H3,(H,14,15). The first-order valence-corrected chi connectivity index (χ1v) is 4.91. The molecule has 0 unspecified atom stereocenters. The number of nitrogens with zero attached hydrogens (tertiary/aromatic N) is 1. The highest BCUT2D eigenvalue weighted by atomic mass is 19.1. The van der Waals surface area contributed by atoms with Gasteiger partial charge in [-0.15, -0.1) is 0 Å². The molecular formula is C11H13FN4. The molecule has 0 radical (unpaired) electrons. The maximum absolute atomic E-state index is 13.1. The summed E-state index contributed by atoms with van der Waals surface area (Å²) in [5.41, 5.74) is 7.30. The average molecular weight is 220 g/mol. The summed E-state index contributed by atoms with van der Waals surface area (Å²) in [6, 6.07) is 4.53. The molecule has 2 rings (SSSR count). The lowest BCUT2D eigenvalue weighted by atomic mass is 10.2. The number of anilines is 3. The molecule has 0 saturated heterocycles. The van der Waals surface area contributed by atoms with Gasteiger partial charge in [-0.1, -0.05) is 6.07 Å². The largest absolute Gasteiger partial charge is 0.382 e. The van der Waals surface area contributed by atoms with Crippen LogP contribution in [-0.4, -0.2) is 9.97 Å². The number of rotatable bonds is 2. The molecule has 0 atom stereocenters. The number of nitrogen functional groups attached to an aromatic ring is 1. The summed E-state index contributed by atoms with van der Waals surface area (Å²) in [5.74, 6) is 1.39. The number of nitrogens with two attached hydrogens (primary N) is 1. The van der Waals surface area contributed by atoms with Crippen LogP contribution in [0.5, 0.6) is 0 Å². The molecule has 4 nitrogen and oxygen atoms in total. The Kier molecular flexibility index (Phi) is 2.52. The van der Waals surface area contributed by atoms with Crippen molar-refractivity contribution in [3.05, 3.63) is 35.4 Å². The Labute approximate surface area is 92.7 Å². The first-order valence-electron chi connectivity index (χ1n) is 4.91. The van der Waals surface area contributed by atoms with Gasteiger partial charge in [0.1, 0.15) is 17.5 Å². The van der Waals surface area contributed by atoms with Gasteiger partial charge in [0.25, 0.3) is 0 Å². The van der Waals surface area contributed by atoms with Crippen LogP contribution in [-0.2, 0) is 0 Å². The fraction of sp³-hybridized carbons (Fsp3) is 0.182. The van der Waals surface area contributed by atoms with Gasteiger partial charge in [-0.05, 0) is 31.5 Å². The Bertz CT molecular complexity index is 519. The van der Waals surface area contributed by atoms with E-state index in [1.54, 1.807) is 13.0 Å². The molecule has 1 heterocycles. The van der Waals surface area contributed by atoms with E-state index in [-0.39, 0.29) is 5.82 Å². The van der Waals surface area contributed by atoms with Crippen LogP contribution in [0.4, 0.5) is 21.7 Å². The van der Waals surface area contributed by atoms with Crippen molar-refractivity contribution in [2.24, 2.45) is 0 Å². The molecule has 16 heavy (non-hydrogen) atoms. The van der Waals surface area contributed by atoms with Gasteiger partial charge in [-0.2, -0.15) is 0 Å². The van der Waals surface area contributed by atoms with Crippen molar-refractivity contribution in [1.82, 2.24) is 9.97 Å². The van der Waals surface area contributed by atoms with Crippen molar-refractivity contribution in [2.75, 3.05) is 11.1 Å². The smallest absolute Gasteiger partial charge is 0.173 e. The number of benzene rings is 1. The van der Waals surface area contributed by atoms with Crippen LogP contribution in [0.15, 0.2) is 18.2 Å². The first kappa shape index (κ1) is 10.5. The fourth-order valence-electron chi connectivity index (χ4n) is 1.46. The topological polar surface area (TPSA) is 66.7 Å². The molecule has 0 bridgehead atoms. The third-order valence-electron chi connectivity index (χ3n) is 2.30. The summed E-state index contributed by atoms with van der Waals surface area (Å²) in [6.07, 6.45) is 0. The highest BCUT2D eigenvalue weighted by Gasteiger charge is 2.07. The zero-order valence-electron chi connectivity index (χ0n) is 9.13. The molecule has 5 heteroatoms. The van der Waals surface area contributed by atoms with E-state index in [9.17, 15) is 4.39 Å². The van der Waals surface area contributed by atoms with E-state index < -0.39 is 0 Å². The predicted octanol–water partition coefficient (Wildman–Crippen LogP) is 2.49. The highest BCUT2D eigenvalue weighted by molar-refractivity contribution is 5.68. The minimum Gasteiger partial charge on any atom is -0.382 e. The van der Waals surface area contributed by atoms with E-state index in [1.807, 2.05) is 6.92 Å². The van der Waals surface area contributed by atoms with E-state index in [0.29, 0.717) is 23.1 Å². The second-order valence-electron chi connectivity index (χ2n) is 3.67. The molecule has 84 valence electrons. The molecule has 0 spiro atoms. The van der Waals surface area contributed by atoms with Crippen molar-refractivity contribution in [3.63, 3.8) is 0 Å².